The summed E-state index contributed by atoms with van der Waals surface area (Å²) in [5.41, 5.74) is 0.592. The Hall–Kier alpha value is -0.650. The molecule has 0 saturated heterocycles. The van der Waals surface area contributed by atoms with Crippen molar-refractivity contribution in [2.75, 3.05) is 13.1 Å². The quantitative estimate of drug-likeness (QED) is 0.349. The van der Waals surface area contributed by atoms with Crippen molar-refractivity contribution in [2.45, 2.75) is 117 Å². The minimum atomic E-state index is -0.661. The van der Waals surface area contributed by atoms with Gasteiger partial charge < -0.3 is 20.8 Å². The molecule has 0 aromatic rings. The zero-order chi connectivity index (χ0) is 24.7. The van der Waals surface area contributed by atoms with Crippen molar-refractivity contribution in [2.24, 2.45) is 46.3 Å². The molecule has 0 spiro atoms. The van der Waals surface area contributed by atoms with Crippen molar-refractivity contribution in [3.63, 3.8) is 0 Å². The molecule has 0 aromatic carbocycles. The van der Waals surface area contributed by atoms with Crippen LogP contribution in [0.4, 0.5) is 0 Å². The largest absolute Gasteiger partial charge is 0.481 e. The zero-order valence-electron chi connectivity index (χ0n) is 22.5. The van der Waals surface area contributed by atoms with Gasteiger partial charge in [-0.05, 0) is 104 Å². The summed E-state index contributed by atoms with van der Waals surface area (Å²) < 4.78 is 0. The number of aliphatic hydroxyl groups is 1. The minimum Gasteiger partial charge on any atom is -0.481 e. The Kier molecular flexibility index (Phi) is 8.06. The Morgan fingerprint density at radius 3 is 2.35 bits per heavy atom. The summed E-state index contributed by atoms with van der Waals surface area (Å²) in [7, 11) is 0. The van der Waals surface area contributed by atoms with E-state index in [2.05, 4.69) is 45.3 Å². The van der Waals surface area contributed by atoms with Crippen LogP contribution in [-0.2, 0) is 4.79 Å². The highest BCUT2D eigenvalue weighted by Gasteiger charge is 2.62. The molecule has 0 amide bonds. The molecule has 4 rings (SSSR count). The summed E-state index contributed by atoms with van der Waals surface area (Å²) in [6.07, 6.45) is 10.6. The molecule has 4 fully saturated rings. The lowest BCUT2D eigenvalue weighted by Gasteiger charge is -2.62. The standard InChI is InChI=1S/C29H52N2O3/c1-18(2)30-14-15-31-20-10-12-29(5)24-11-13-28(4)22(19(3)6-9-27(33)34)7-8-23(28)21(24)17-26(32)25(29)16-20/h18-26,30-32H,6-17H2,1-5H3,(H,33,34)/t19-,20?,21?,22?,23?,24?,25-,26-,28-,29-/m1/s1. The first-order valence-corrected chi connectivity index (χ1v) is 14.4. The van der Waals surface area contributed by atoms with Crippen LogP contribution in [0.3, 0.4) is 0 Å². The zero-order valence-corrected chi connectivity index (χ0v) is 22.5. The number of hydrogen-bond donors (Lipinski definition) is 4. The van der Waals surface area contributed by atoms with Crippen LogP contribution in [0.25, 0.3) is 0 Å². The van der Waals surface area contributed by atoms with Gasteiger partial charge in [0.1, 0.15) is 0 Å². The number of fused-ring (bicyclic) bond motifs is 5. The molecule has 4 saturated carbocycles. The van der Waals surface area contributed by atoms with Crippen molar-refractivity contribution >= 4 is 5.97 Å². The molecule has 5 nitrogen and oxygen atoms in total. The van der Waals surface area contributed by atoms with Crippen molar-refractivity contribution in [3.8, 4) is 0 Å². The van der Waals surface area contributed by atoms with Crippen LogP contribution < -0.4 is 10.6 Å². The van der Waals surface area contributed by atoms with Crippen LogP contribution in [0, 0.1) is 46.3 Å². The van der Waals surface area contributed by atoms with Gasteiger partial charge in [-0.3, -0.25) is 4.79 Å². The summed E-state index contributed by atoms with van der Waals surface area (Å²) in [6, 6.07) is 1.07. The van der Waals surface area contributed by atoms with Crippen LogP contribution in [-0.4, -0.2) is 47.5 Å². The van der Waals surface area contributed by atoms with Crippen molar-refractivity contribution in [1.29, 1.82) is 0 Å². The van der Waals surface area contributed by atoms with Crippen molar-refractivity contribution in [1.82, 2.24) is 10.6 Å². The van der Waals surface area contributed by atoms with E-state index in [0.29, 0.717) is 53.5 Å². The van der Waals surface area contributed by atoms with E-state index >= 15 is 0 Å². The summed E-state index contributed by atoms with van der Waals surface area (Å²) in [5, 5.41) is 28.0. The van der Waals surface area contributed by atoms with Gasteiger partial charge in [0, 0.05) is 31.6 Å². The molecule has 4 N–H and O–H groups in total. The molecule has 0 aromatic heterocycles. The molecule has 34 heavy (non-hydrogen) atoms. The first kappa shape index (κ1) is 26.4. The van der Waals surface area contributed by atoms with E-state index in [1.165, 1.54) is 38.5 Å². The highest BCUT2D eigenvalue weighted by Crippen LogP contribution is 2.68. The second-order valence-corrected chi connectivity index (χ2v) is 13.5. The lowest BCUT2D eigenvalue weighted by molar-refractivity contribution is -0.162. The van der Waals surface area contributed by atoms with Gasteiger partial charge in [-0.25, -0.2) is 0 Å². The molecule has 0 aliphatic heterocycles. The second-order valence-electron chi connectivity index (χ2n) is 13.5. The molecule has 0 heterocycles. The van der Waals surface area contributed by atoms with E-state index < -0.39 is 5.97 Å². The Morgan fingerprint density at radius 1 is 0.941 bits per heavy atom. The molecular formula is C29H52N2O3. The third kappa shape index (κ3) is 4.95. The van der Waals surface area contributed by atoms with Gasteiger partial charge in [-0.1, -0.05) is 34.6 Å². The van der Waals surface area contributed by atoms with Gasteiger partial charge in [0.25, 0.3) is 0 Å². The maximum atomic E-state index is 11.5. The Morgan fingerprint density at radius 2 is 1.65 bits per heavy atom. The number of carboxylic acids is 1. The van der Waals surface area contributed by atoms with Gasteiger partial charge in [0.2, 0.25) is 0 Å². The van der Waals surface area contributed by atoms with Crippen LogP contribution >= 0.6 is 0 Å². The van der Waals surface area contributed by atoms with Crippen molar-refractivity contribution in [3.05, 3.63) is 0 Å². The Labute approximate surface area is 208 Å². The SMILES string of the molecule is CC(C)NCCNC1CC[C@]2(C)C3CC[C@@]4(C)C(CCC4[C@H](C)CCC(=O)O)C3C[C@@H](O)[C@H]2C1. The first-order chi connectivity index (χ1) is 16.1. The van der Waals surface area contributed by atoms with E-state index in [4.69, 9.17) is 0 Å². The molecule has 5 heteroatoms. The maximum Gasteiger partial charge on any atom is 0.303 e. The highest BCUT2D eigenvalue weighted by molar-refractivity contribution is 5.66. The van der Waals surface area contributed by atoms with E-state index in [0.717, 1.165) is 38.3 Å². The predicted molar refractivity (Wildman–Crippen MR) is 138 cm³/mol. The summed E-state index contributed by atoms with van der Waals surface area (Å²) in [4.78, 5) is 11.2. The number of rotatable bonds is 9. The monoisotopic (exact) mass is 476 g/mol. The van der Waals surface area contributed by atoms with Crippen LogP contribution in [0.2, 0.25) is 0 Å². The van der Waals surface area contributed by atoms with Gasteiger partial charge in [0.15, 0.2) is 0 Å². The summed E-state index contributed by atoms with van der Waals surface area (Å²) in [6.45, 7) is 13.8. The van der Waals surface area contributed by atoms with Crippen LogP contribution in [0.15, 0.2) is 0 Å². The van der Waals surface area contributed by atoms with E-state index in [1.54, 1.807) is 0 Å². The number of hydrogen-bond acceptors (Lipinski definition) is 4. The van der Waals surface area contributed by atoms with Crippen LogP contribution in [0.5, 0.6) is 0 Å². The molecule has 196 valence electrons. The predicted octanol–water partition coefficient (Wildman–Crippen LogP) is 5.07. The molecular weight excluding hydrogens is 424 g/mol. The third-order valence-electron chi connectivity index (χ3n) is 11.4. The van der Waals surface area contributed by atoms with Gasteiger partial charge in [-0.15, -0.1) is 0 Å². The number of aliphatic hydroxyl groups excluding tert-OH is 1. The number of nitrogens with one attached hydrogen (secondary N) is 2. The highest BCUT2D eigenvalue weighted by atomic mass is 16.4. The topological polar surface area (TPSA) is 81.6 Å². The average Bonchev–Trinajstić information content (AvgIpc) is 3.13. The first-order valence-electron chi connectivity index (χ1n) is 14.4. The lowest BCUT2D eigenvalue weighted by atomic mass is 9.43. The lowest BCUT2D eigenvalue weighted by Crippen LogP contribution is -2.59. The minimum absolute atomic E-state index is 0.171. The smallest absolute Gasteiger partial charge is 0.303 e. The molecule has 4 aliphatic carbocycles. The Balaban J connectivity index is 1.41. The molecule has 5 unspecified atom stereocenters. The number of carbonyl (C=O) groups is 1. The van der Waals surface area contributed by atoms with E-state index in [1.807, 2.05) is 0 Å². The van der Waals surface area contributed by atoms with Crippen molar-refractivity contribution < 1.29 is 15.0 Å². The fourth-order valence-corrected chi connectivity index (χ4v) is 9.65. The second kappa shape index (κ2) is 10.4. The summed E-state index contributed by atoms with van der Waals surface area (Å²) >= 11 is 0. The maximum absolute atomic E-state index is 11.5. The third-order valence-corrected chi connectivity index (χ3v) is 11.4. The van der Waals surface area contributed by atoms with E-state index in [-0.39, 0.29) is 11.5 Å². The molecule has 0 radical (unpaired) electrons. The van der Waals surface area contributed by atoms with Crippen LogP contribution in [0.1, 0.15) is 98.8 Å². The fraction of sp³-hybridized carbons (Fsp3) is 0.966. The van der Waals surface area contributed by atoms with Gasteiger partial charge in [-0.2, -0.15) is 0 Å². The fourth-order valence-electron chi connectivity index (χ4n) is 9.65. The summed E-state index contributed by atoms with van der Waals surface area (Å²) in [5.74, 6) is 2.97. The molecule has 10 atom stereocenters. The molecule has 0 bridgehead atoms. The molecule has 4 aliphatic rings. The normalized spacial score (nSPS) is 44.9. The van der Waals surface area contributed by atoms with Gasteiger partial charge >= 0.3 is 5.97 Å². The Bertz CT molecular complexity index is 713. The average molecular weight is 477 g/mol. The van der Waals surface area contributed by atoms with E-state index in [9.17, 15) is 15.0 Å². The number of carboxylic acid groups (broad SMARTS) is 1. The van der Waals surface area contributed by atoms with Gasteiger partial charge in [0.05, 0.1) is 6.10 Å². The number of aliphatic carboxylic acids is 1.